The van der Waals surface area contributed by atoms with Gasteiger partial charge in [-0.3, -0.25) is 9.59 Å². The third-order valence-electron chi connectivity index (χ3n) is 4.18. The van der Waals surface area contributed by atoms with Gasteiger partial charge in [-0.2, -0.15) is 0 Å². The Balaban J connectivity index is 1.55. The summed E-state index contributed by atoms with van der Waals surface area (Å²) < 4.78 is 0. The van der Waals surface area contributed by atoms with Gasteiger partial charge in [0.1, 0.15) is 10.9 Å². The molecule has 1 aromatic carbocycles. The lowest BCUT2D eigenvalue weighted by Crippen LogP contribution is -2.32. The molecule has 0 saturated heterocycles. The summed E-state index contributed by atoms with van der Waals surface area (Å²) in [6.07, 6.45) is 0.169. The van der Waals surface area contributed by atoms with Crippen LogP contribution in [0.2, 0.25) is 0 Å². The number of benzene rings is 1. The average Bonchev–Trinajstić information content (AvgIpc) is 3.33. The van der Waals surface area contributed by atoms with E-state index in [-0.39, 0.29) is 18.9 Å². The summed E-state index contributed by atoms with van der Waals surface area (Å²) in [6.45, 7) is 0.176. The number of thiazole rings is 1. The van der Waals surface area contributed by atoms with Crippen molar-refractivity contribution in [1.29, 1.82) is 0 Å². The van der Waals surface area contributed by atoms with E-state index in [1.54, 1.807) is 34.4 Å². The molecule has 1 amide bonds. The van der Waals surface area contributed by atoms with Gasteiger partial charge in [-0.25, -0.2) is 4.98 Å². The van der Waals surface area contributed by atoms with E-state index in [0.717, 1.165) is 15.6 Å². The number of rotatable bonds is 4. The van der Waals surface area contributed by atoms with E-state index in [0.29, 0.717) is 11.3 Å². The van der Waals surface area contributed by atoms with Crippen molar-refractivity contribution in [3.8, 4) is 9.88 Å². The van der Waals surface area contributed by atoms with Gasteiger partial charge in [0.2, 0.25) is 5.91 Å². The number of carbonyl (C=O) groups is 2. The molecule has 0 bridgehead atoms. The standard InChI is InChI=1S/C18H14N2O3S2/c21-16(8-11-10-25-17(19-11)15-6-3-7-24-15)20-9-13(18(22)23)12-4-1-2-5-14(12)20/h1-7,10,13H,8-9H2,(H,22,23). The predicted molar refractivity (Wildman–Crippen MR) is 98.3 cm³/mol. The Morgan fingerprint density at radius 2 is 2.04 bits per heavy atom. The second-order valence-corrected chi connectivity index (χ2v) is 7.56. The van der Waals surface area contributed by atoms with Crippen LogP contribution in [0.1, 0.15) is 17.2 Å². The summed E-state index contributed by atoms with van der Waals surface area (Å²) in [6, 6.07) is 11.2. The fraction of sp³-hybridized carbons (Fsp3) is 0.167. The van der Waals surface area contributed by atoms with Gasteiger partial charge in [0.05, 0.1) is 17.0 Å². The Hall–Kier alpha value is -2.51. The van der Waals surface area contributed by atoms with Crippen LogP contribution < -0.4 is 4.90 Å². The van der Waals surface area contributed by atoms with Gasteiger partial charge in [-0.1, -0.05) is 24.3 Å². The summed E-state index contributed by atoms with van der Waals surface area (Å²) in [5, 5.41) is 14.2. The van der Waals surface area contributed by atoms with Crippen LogP contribution in [-0.4, -0.2) is 28.5 Å². The van der Waals surface area contributed by atoms with Crippen LogP contribution >= 0.6 is 22.7 Å². The molecule has 0 spiro atoms. The van der Waals surface area contributed by atoms with Gasteiger partial charge < -0.3 is 10.0 Å². The Morgan fingerprint density at radius 1 is 1.20 bits per heavy atom. The molecular weight excluding hydrogens is 356 g/mol. The lowest BCUT2D eigenvalue weighted by molar-refractivity contribution is -0.138. The Morgan fingerprint density at radius 3 is 2.80 bits per heavy atom. The molecule has 0 saturated carbocycles. The number of hydrogen-bond donors (Lipinski definition) is 1. The van der Waals surface area contributed by atoms with Crippen LogP contribution in [0.15, 0.2) is 47.2 Å². The number of fused-ring (bicyclic) bond motifs is 1. The predicted octanol–water partition coefficient (Wildman–Crippen LogP) is 3.63. The molecule has 1 N–H and O–H groups in total. The number of aliphatic carboxylic acids is 1. The van der Waals surface area contributed by atoms with Gasteiger partial charge >= 0.3 is 5.97 Å². The average molecular weight is 370 g/mol. The molecule has 1 atom stereocenters. The van der Waals surface area contributed by atoms with Crippen molar-refractivity contribution >= 4 is 40.2 Å². The Labute approximate surface area is 152 Å². The molecule has 1 aliphatic rings. The van der Waals surface area contributed by atoms with Gasteiger partial charge in [0.25, 0.3) is 0 Å². The van der Waals surface area contributed by atoms with E-state index in [1.807, 2.05) is 29.0 Å². The highest BCUT2D eigenvalue weighted by molar-refractivity contribution is 7.20. The van der Waals surface area contributed by atoms with Crippen molar-refractivity contribution < 1.29 is 14.7 Å². The number of aromatic nitrogens is 1. The van der Waals surface area contributed by atoms with Crippen molar-refractivity contribution in [3.05, 3.63) is 58.4 Å². The molecular formula is C18H14N2O3S2. The maximum Gasteiger partial charge on any atom is 0.312 e. The number of anilines is 1. The van der Waals surface area contributed by atoms with Gasteiger partial charge in [-0.05, 0) is 23.1 Å². The highest BCUT2D eigenvalue weighted by Gasteiger charge is 2.36. The summed E-state index contributed by atoms with van der Waals surface area (Å²) in [4.78, 5) is 31.4. The smallest absolute Gasteiger partial charge is 0.312 e. The first-order valence-electron chi connectivity index (χ1n) is 7.74. The lowest BCUT2D eigenvalue weighted by Gasteiger charge is -2.16. The quantitative estimate of drug-likeness (QED) is 0.761. The number of thiophene rings is 1. The number of hydrogen-bond acceptors (Lipinski definition) is 5. The zero-order valence-corrected chi connectivity index (χ0v) is 14.7. The summed E-state index contributed by atoms with van der Waals surface area (Å²) >= 11 is 3.13. The van der Waals surface area contributed by atoms with Crippen LogP contribution in [0, 0.1) is 0 Å². The first kappa shape index (κ1) is 16.0. The zero-order chi connectivity index (χ0) is 17.4. The number of carboxylic acid groups (broad SMARTS) is 1. The molecule has 5 nitrogen and oxygen atoms in total. The van der Waals surface area contributed by atoms with Crippen LogP contribution in [0.3, 0.4) is 0 Å². The second-order valence-electron chi connectivity index (χ2n) is 5.75. The maximum atomic E-state index is 12.7. The van der Waals surface area contributed by atoms with Crippen LogP contribution in [0.4, 0.5) is 5.69 Å². The van der Waals surface area contributed by atoms with Crippen molar-refractivity contribution in [1.82, 2.24) is 4.98 Å². The highest BCUT2D eigenvalue weighted by Crippen LogP contribution is 2.36. The van der Waals surface area contributed by atoms with Gasteiger partial charge in [0.15, 0.2) is 0 Å². The van der Waals surface area contributed by atoms with Gasteiger partial charge in [-0.15, -0.1) is 22.7 Å². The Kier molecular flexibility index (Phi) is 4.10. The highest BCUT2D eigenvalue weighted by atomic mass is 32.1. The number of amides is 1. The SMILES string of the molecule is O=C(O)C1CN(C(=O)Cc2csc(-c3cccs3)n2)c2ccccc21. The van der Waals surface area contributed by atoms with E-state index in [9.17, 15) is 14.7 Å². The number of nitrogens with zero attached hydrogens (tertiary/aromatic N) is 2. The van der Waals surface area contributed by atoms with Crippen LogP contribution in [-0.2, 0) is 16.0 Å². The fourth-order valence-electron chi connectivity index (χ4n) is 3.01. The Bertz CT molecular complexity index is 933. The zero-order valence-electron chi connectivity index (χ0n) is 13.1. The van der Waals surface area contributed by atoms with Crippen molar-refractivity contribution in [2.45, 2.75) is 12.3 Å². The van der Waals surface area contributed by atoms with Crippen LogP contribution in [0.5, 0.6) is 0 Å². The minimum Gasteiger partial charge on any atom is -0.481 e. The second kappa shape index (κ2) is 6.42. The van der Waals surface area contributed by atoms with Crippen LogP contribution in [0.25, 0.3) is 9.88 Å². The molecule has 3 aromatic rings. The van der Waals surface area contributed by atoms with E-state index in [4.69, 9.17) is 0 Å². The van der Waals surface area contributed by atoms with E-state index >= 15 is 0 Å². The molecule has 126 valence electrons. The van der Waals surface area contributed by atoms with E-state index in [2.05, 4.69) is 4.98 Å². The minimum atomic E-state index is -0.906. The molecule has 0 aliphatic carbocycles. The normalized spacial score (nSPS) is 16.0. The third-order valence-corrected chi connectivity index (χ3v) is 6.11. The molecule has 7 heteroatoms. The van der Waals surface area contributed by atoms with Crippen molar-refractivity contribution in [2.75, 3.05) is 11.4 Å². The fourth-order valence-corrected chi connectivity index (χ4v) is 4.64. The summed E-state index contributed by atoms with van der Waals surface area (Å²) in [5.74, 6) is -1.70. The molecule has 1 unspecified atom stereocenters. The number of carbonyl (C=O) groups excluding carboxylic acids is 1. The third kappa shape index (κ3) is 2.96. The van der Waals surface area contributed by atoms with E-state index in [1.165, 1.54) is 11.3 Å². The monoisotopic (exact) mass is 370 g/mol. The largest absolute Gasteiger partial charge is 0.481 e. The van der Waals surface area contributed by atoms with Gasteiger partial charge in [0, 0.05) is 17.6 Å². The molecule has 2 aromatic heterocycles. The first-order chi connectivity index (χ1) is 12.1. The molecule has 25 heavy (non-hydrogen) atoms. The topological polar surface area (TPSA) is 70.5 Å². The molecule has 4 rings (SSSR count). The summed E-state index contributed by atoms with van der Waals surface area (Å²) in [7, 11) is 0. The molecule has 0 fully saturated rings. The first-order valence-corrected chi connectivity index (χ1v) is 9.50. The minimum absolute atomic E-state index is 0.126. The molecule has 0 radical (unpaired) electrons. The molecule has 3 heterocycles. The van der Waals surface area contributed by atoms with Crippen molar-refractivity contribution in [3.63, 3.8) is 0 Å². The maximum absolute atomic E-state index is 12.7. The molecule has 1 aliphatic heterocycles. The van der Waals surface area contributed by atoms with E-state index < -0.39 is 11.9 Å². The lowest BCUT2D eigenvalue weighted by atomic mass is 10.0. The van der Waals surface area contributed by atoms with Crippen molar-refractivity contribution in [2.24, 2.45) is 0 Å². The summed E-state index contributed by atoms with van der Waals surface area (Å²) in [5.41, 5.74) is 2.10. The number of para-hydroxylation sites is 1. The number of carboxylic acids is 1.